The number of carboxylic acid groups (broad SMARTS) is 1. The molecule has 0 bridgehead atoms. The third-order valence-corrected chi connectivity index (χ3v) is 5.55. The molecule has 1 aromatic carbocycles. The van der Waals surface area contributed by atoms with E-state index in [2.05, 4.69) is 27.9 Å². The number of aliphatic carboxylic acids is 1. The molecule has 140 valence electrons. The average Bonchev–Trinajstić information content (AvgIpc) is 2.94. The molecule has 4 rings (SSSR count). The van der Waals surface area contributed by atoms with Gasteiger partial charge in [-0.05, 0) is 43.9 Å². The first-order valence-electron chi connectivity index (χ1n) is 8.97. The van der Waals surface area contributed by atoms with Gasteiger partial charge in [0, 0.05) is 29.7 Å². The molecule has 0 radical (unpaired) electrons. The summed E-state index contributed by atoms with van der Waals surface area (Å²) in [6, 6.07) is 6.49. The molecule has 1 aliphatic carbocycles. The van der Waals surface area contributed by atoms with Gasteiger partial charge < -0.3 is 14.6 Å². The lowest BCUT2D eigenvalue weighted by Crippen LogP contribution is -2.37. The summed E-state index contributed by atoms with van der Waals surface area (Å²) in [6.45, 7) is 2.06. The Morgan fingerprint density at radius 2 is 2.11 bits per heavy atom. The maximum Gasteiger partial charge on any atom is 0.323 e. The van der Waals surface area contributed by atoms with Gasteiger partial charge in [0.05, 0.1) is 17.4 Å². The number of hydrogen-bond donors (Lipinski definition) is 1. The van der Waals surface area contributed by atoms with Crippen molar-refractivity contribution >= 4 is 34.4 Å². The highest BCUT2D eigenvalue weighted by Gasteiger charge is 2.29. The van der Waals surface area contributed by atoms with Crippen molar-refractivity contribution in [3.05, 3.63) is 52.4 Å². The lowest BCUT2D eigenvalue weighted by atomic mass is 9.90. The summed E-state index contributed by atoms with van der Waals surface area (Å²) in [6.07, 6.45) is 5.81. The number of fused-ring (bicyclic) bond motifs is 3. The van der Waals surface area contributed by atoms with E-state index in [1.54, 1.807) is 12.4 Å². The molecule has 0 saturated heterocycles. The Morgan fingerprint density at radius 1 is 1.37 bits per heavy atom. The Morgan fingerprint density at radius 3 is 2.81 bits per heavy atom. The third kappa shape index (κ3) is 3.25. The van der Waals surface area contributed by atoms with Gasteiger partial charge in [0.25, 0.3) is 0 Å². The van der Waals surface area contributed by atoms with Crippen molar-refractivity contribution < 1.29 is 9.90 Å². The number of hydrogen-bond acceptors (Lipinski definition) is 4. The van der Waals surface area contributed by atoms with Gasteiger partial charge >= 0.3 is 5.97 Å². The summed E-state index contributed by atoms with van der Waals surface area (Å²) in [5.74, 6) is -0.164. The first kappa shape index (κ1) is 17.8. The molecule has 3 aromatic rings. The molecule has 1 aliphatic rings. The fourth-order valence-electron chi connectivity index (χ4n) is 4.04. The molecule has 0 aliphatic heterocycles. The first-order chi connectivity index (χ1) is 12.9. The number of likely N-dealkylation sites (N-methyl/N-ethyl adjacent to an activating group) is 1. The normalized spacial score (nSPS) is 16.3. The predicted octanol–water partition coefficient (Wildman–Crippen LogP) is 3.47. The predicted molar refractivity (Wildman–Crippen MR) is 106 cm³/mol. The number of nitrogens with zero attached hydrogens (tertiary/aromatic N) is 4. The molecule has 6 nitrogen and oxygen atoms in total. The summed E-state index contributed by atoms with van der Waals surface area (Å²) in [5, 5.41) is 11.0. The number of aryl methyl sites for hydroxylation is 1. The Bertz CT molecular complexity index is 1010. The van der Waals surface area contributed by atoms with E-state index in [1.165, 1.54) is 11.1 Å². The van der Waals surface area contributed by atoms with E-state index < -0.39 is 5.97 Å². The van der Waals surface area contributed by atoms with E-state index in [1.807, 2.05) is 23.7 Å². The number of benzene rings is 1. The molecule has 1 N–H and O–H groups in total. The summed E-state index contributed by atoms with van der Waals surface area (Å²) in [7, 11) is 2.00. The van der Waals surface area contributed by atoms with E-state index in [0.717, 1.165) is 35.9 Å². The van der Waals surface area contributed by atoms with Gasteiger partial charge in [-0.3, -0.25) is 4.79 Å². The lowest BCUT2D eigenvalue weighted by molar-refractivity contribution is -0.137. The van der Waals surface area contributed by atoms with Gasteiger partial charge in [0.1, 0.15) is 6.54 Å². The van der Waals surface area contributed by atoms with Crippen molar-refractivity contribution in [3.8, 4) is 0 Å². The monoisotopic (exact) mass is 384 g/mol. The van der Waals surface area contributed by atoms with Crippen LogP contribution >= 0.6 is 11.6 Å². The van der Waals surface area contributed by atoms with Gasteiger partial charge in [0.2, 0.25) is 5.95 Å². The van der Waals surface area contributed by atoms with Crippen LogP contribution in [-0.2, 0) is 24.2 Å². The fourth-order valence-corrected chi connectivity index (χ4v) is 4.14. The Hall–Kier alpha value is -2.60. The number of carbonyl (C=O) groups is 1. The summed E-state index contributed by atoms with van der Waals surface area (Å²) in [4.78, 5) is 22.1. The topological polar surface area (TPSA) is 71.2 Å². The highest BCUT2D eigenvalue weighted by molar-refractivity contribution is 6.30. The smallest absolute Gasteiger partial charge is 0.323 e. The van der Waals surface area contributed by atoms with Crippen molar-refractivity contribution in [1.82, 2.24) is 14.5 Å². The van der Waals surface area contributed by atoms with Crippen LogP contribution in [0.1, 0.15) is 23.2 Å². The molecule has 7 heteroatoms. The second kappa shape index (κ2) is 6.85. The van der Waals surface area contributed by atoms with E-state index in [-0.39, 0.29) is 12.6 Å². The number of aromatic nitrogens is 3. The lowest BCUT2D eigenvalue weighted by Gasteiger charge is -2.32. The fraction of sp³-hybridized carbons (Fsp3) is 0.350. The van der Waals surface area contributed by atoms with Crippen molar-refractivity contribution in [3.63, 3.8) is 0 Å². The summed E-state index contributed by atoms with van der Waals surface area (Å²) >= 11 is 5.90. The molecule has 2 heterocycles. The molecule has 0 fully saturated rings. The highest BCUT2D eigenvalue weighted by Crippen LogP contribution is 2.34. The number of halogens is 1. The van der Waals surface area contributed by atoms with Crippen LogP contribution in [0.5, 0.6) is 0 Å². The Balaban J connectivity index is 1.73. The maximum atomic E-state index is 11.4. The van der Waals surface area contributed by atoms with Crippen LogP contribution in [0, 0.1) is 6.92 Å². The molecule has 0 saturated carbocycles. The molecular weight excluding hydrogens is 364 g/mol. The third-order valence-electron chi connectivity index (χ3n) is 5.36. The summed E-state index contributed by atoms with van der Waals surface area (Å²) < 4.78 is 1.96. The molecule has 1 atom stereocenters. The van der Waals surface area contributed by atoms with Crippen LogP contribution in [0.2, 0.25) is 5.02 Å². The van der Waals surface area contributed by atoms with Crippen LogP contribution < -0.4 is 4.90 Å². The minimum absolute atomic E-state index is 0.00427. The van der Waals surface area contributed by atoms with Crippen LogP contribution in [0.15, 0.2) is 30.6 Å². The van der Waals surface area contributed by atoms with Gasteiger partial charge in [0.15, 0.2) is 0 Å². The molecule has 0 amide bonds. The molecule has 27 heavy (non-hydrogen) atoms. The van der Waals surface area contributed by atoms with Gasteiger partial charge in [-0.15, -0.1) is 0 Å². The SMILES string of the molecule is Cc1ccc2c(c1)c1c(n2CC(=O)O)CCC(N(C)c2ncc(Cl)cn2)C1. The largest absolute Gasteiger partial charge is 0.480 e. The number of carboxylic acids is 1. The van der Waals surface area contributed by atoms with Gasteiger partial charge in [-0.1, -0.05) is 23.2 Å². The van der Waals surface area contributed by atoms with E-state index in [0.29, 0.717) is 11.0 Å². The zero-order valence-electron chi connectivity index (χ0n) is 15.3. The first-order valence-corrected chi connectivity index (χ1v) is 9.34. The van der Waals surface area contributed by atoms with Crippen LogP contribution in [-0.4, -0.2) is 38.7 Å². The second-order valence-electron chi connectivity index (χ2n) is 7.13. The van der Waals surface area contributed by atoms with Crippen LogP contribution in [0.4, 0.5) is 5.95 Å². The van der Waals surface area contributed by atoms with E-state index in [4.69, 9.17) is 11.6 Å². The Labute approximate surface area is 162 Å². The zero-order valence-corrected chi connectivity index (χ0v) is 16.1. The molecular formula is C20H21ClN4O2. The zero-order chi connectivity index (χ0) is 19.1. The van der Waals surface area contributed by atoms with E-state index >= 15 is 0 Å². The van der Waals surface area contributed by atoms with Crippen molar-refractivity contribution in [2.24, 2.45) is 0 Å². The van der Waals surface area contributed by atoms with E-state index in [9.17, 15) is 9.90 Å². The van der Waals surface area contributed by atoms with Gasteiger partial charge in [-0.2, -0.15) is 0 Å². The highest BCUT2D eigenvalue weighted by atomic mass is 35.5. The van der Waals surface area contributed by atoms with Crippen molar-refractivity contribution in [1.29, 1.82) is 0 Å². The van der Waals surface area contributed by atoms with Crippen LogP contribution in [0.25, 0.3) is 10.9 Å². The quantitative estimate of drug-likeness (QED) is 0.745. The standard InChI is InChI=1S/C20H21ClN4O2/c1-12-3-5-17-15(7-12)16-8-14(4-6-18(16)25(17)11-19(26)27)24(2)20-22-9-13(21)10-23-20/h3,5,7,9-10,14H,4,6,8,11H2,1-2H3,(H,26,27). The minimum atomic E-state index is -0.816. The number of rotatable bonds is 4. The average molecular weight is 385 g/mol. The summed E-state index contributed by atoms with van der Waals surface area (Å²) in [5.41, 5.74) is 4.56. The molecule has 1 unspecified atom stereocenters. The second-order valence-corrected chi connectivity index (χ2v) is 7.57. The van der Waals surface area contributed by atoms with Crippen LogP contribution in [0.3, 0.4) is 0 Å². The molecule has 2 aromatic heterocycles. The maximum absolute atomic E-state index is 11.4. The Kier molecular flexibility index (Phi) is 4.52. The molecule has 0 spiro atoms. The van der Waals surface area contributed by atoms with Crippen molar-refractivity contribution in [2.45, 2.75) is 38.8 Å². The minimum Gasteiger partial charge on any atom is -0.480 e. The van der Waals surface area contributed by atoms with Crippen molar-refractivity contribution in [2.75, 3.05) is 11.9 Å². The number of anilines is 1. The van der Waals surface area contributed by atoms with Gasteiger partial charge in [-0.25, -0.2) is 9.97 Å².